The molecule has 0 saturated heterocycles. The Labute approximate surface area is 337 Å². The van der Waals surface area contributed by atoms with Crippen molar-refractivity contribution < 1.29 is 0 Å². The first-order valence-corrected chi connectivity index (χ1v) is 23.8. The first kappa shape index (κ1) is 50.2. The maximum Gasteiger partial charge on any atom is -0.0354 e. The molecule has 312 valence electrons. The SMILES string of the molecule is CC1CCC(C(C)(C)C)CC1C.CC1CCC(C)C(C)C1.CC1CCCC(C)C1C.CC1CCCC1C.CC1CCCCC1C.Cc1ccccc1C. The van der Waals surface area contributed by atoms with E-state index in [9.17, 15) is 0 Å². The van der Waals surface area contributed by atoms with Crippen molar-refractivity contribution in [3.63, 3.8) is 0 Å². The smallest absolute Gasteiger partial charge is 0.0354 e. The van der Waals surface area contributed by atoms with Crippen molar-refractivity contribution in [1.29, 1.82) is 0 Å². The van der Waals surface area contributed by atoms with E-state index in [1.165, 1.54) is 114 Å². The molecular formula is C53H100. The fourth-order valence-electron chi connectivity index (χ4n) is 9.49. The van der Waals surface area contributed by atoms with Crippen LogP contribution < -0.4 is 0 Å². The number of aryl methyl sites for hydroxylation is 2. The minimum Gasteiger partial charge on any atom is -0.0625 e. The third-order valence-corrected chi connectivity index (χ3v) is 16.1. The second-order valence-electron chi connectivity index (χ2n) is 21.7. The predicted molar refractivity (Wildman–Crippen MR) is 243 cm³/mol. The van der Waals surface area contributed by atoms with Gasteiger partial charge < -0.3 is 0 Å². The molecule has 12 atom stereocenters. The number of rotatable bonds is 0. The molecule has 0 bridgehead atoms. The van der Waals surface area contributed by atoms with E-state index in [0.717, 1.165) is 76.9 Å². The molecule has 5 saturated carbocycles. The average Bonchev–Trinajstić information content (AvgIpc) is 3.48. The molecule has 1 aromatic carbocycles. The Morgan fingerprint density at radius 1 is 0.377 bits per heavy atom. The molecule has 0 nitrogen and oxygen atoms in total. The summed E-state index contributed by atoms with van der Waals surface area (Å²) in [6.45, 7) is 40.0. The molecule has 0 N–H and O–H groups in total. The Bertz CT molecular complexity index is 980. The van der Waals surface area contributed by atoms with Gasteiger partial charge in [-0.2, -0.15) is 0 Å². The van der Waals surface area contributed by atoms with E-state index in [0.29, 0.717) is 5.41 Å². The second kappa shape index (κ2) is 26.2. The minimum absolute atomic E-state index is 0.536. The minimum atomic E-state index is 0.536. The molecule has 5 aliphatic carbocycles. The molecule has 0 amide bonds. The molecule has 0 aromatic heterocycles. The molecule has 0 heteroatoms. The Kier molecular flexibility index (Phi) is 24.8. The number of benzene rings is 1. The maximum absolute atomic E-state index is 2.42. The first-order chi connectivity index (χ1) is 24.7. The topological polar surface area (TPSA) is 0 Å². The molecule has 1 aromatic rings. The first-order valence-electron chi connectivity index (χ1n) is 23.8. The van der Waals surface area contributed by atoms with E-state index in [4.69, 9.17) is 0 Å². The molecule has 0 spiro atoms. The molecule has 5 fully saturated rings. The standard InChI is InChI=1S/C12H24.2C9H18.C8H16.C8H10.C7H14/c1-9-6-7-11(8-10(9)2)12(3,4)5;1-7-4-5-8(2)9(3)6-7;1-7-5-4-6-8(2)9(7)3;2*1-7-5-3-4-6-8(7)2;1-6-4-3-5-7(6)2/h9-11H,6-8H2,1-5H3;2*7-9H,4-6H2,1-3H3;7-8H,3-6H2,1-2H3;3-6H,1-2H3;6-7H,3-5H2,1-2H3. The normalized spacial score (nSPS) is 36.9. The van der Waals surface area contributed by atoms with Crippen molar-refractivity contribution in [2.24, 2.45) is 82.3 Å². The van der Waals surface area contributed by atoms with Crippen LogP contribution in [0.25, 0.3) is 0 Å². The molecule has 6 rings (SSSR count). The van der Waals surface area contributed by atoms with Crippen LogP contribution in [-0.4, -0.2) is 0 Å². The van der Waals surface area contributed by atoms with Gasteiger partial charge in [0.15, 0.2) is 0 Å². The van der Waals surface area contributed by atoms with Gasteiger partial charge in [0.1, 0.15) is 0 Å². The third kappa shape index (κ3) is 20.8. The summed E-state index contributed by atoms with van der Waals surface area (Å²) in [6.07, 6.45) is 23.4. The zero-order valence-electron chi connectivity index (χ0n) is 39.6. The lowest BCUT2D eigenvalue weighted by Crippen LogP contribution is -2.29. The molecular weight excluding hydrogens is 637 g/mol. The summed E-state index contributed by atoms with van der Waals surface area (Å²) < 4.78 is 0. The largest absolute Gasteiger partial charge is 0.0625 e. The Hall–Kier alpha value is -0.780. The van der Waals surface area contributed by atoms with Gasteiger partial charge in [-0.1, -0.05) is 212 Å². The summed E-state index contributed by atoms with van der Waals surface area (Å²) in [4.78, 5) is 0. The van der Waals surface area contributed by atoms with Gasteiger partial charge in [-0.15, -0.1) is 0 Å². The van der Waals surface area contributed by atoms with Gasteiger partial charge in [0, 0.05) is 0 Å². The number of hydrogen-bond acceptors (Lipinski definition) is 0. The van der Waals surface area contributed by atoms with Crippen LogP contribution in [0.3, 0.4) is 0 Å². The van der Waals surface area contributed by atoms with Crippen molar-refractivity contribution in [3.05, 3.63) is 35.4 Å². The van der Waals surface area contributed by atoms with Crippen molar-refractivity contribution in [2.75, 3.05) is 0 Å². The average molecular weight is 737 g/mol. The van der Waals surface area contributed by atoms with E-state index in [2.05, 4.69) is 142 Å². The van der Waals surface area contributed by atoms with Crippen molar-refractivity contribution in [3.8, 4) is 0 Å². The molecule has 0 heterocycles. The van der Waals surface area contributed by atoms with Gasteiger partial charge in [-0.05, 0) is 127 Å². The van der Waals surface area contributed by atoms with Crippen LogP contribution in [0, 0.1) is 96.2 Å². The Morgan fingerprint density at radius 3 is 1.00 bits per heavy atom. The lowest BCUT2D eigenvalue weighted by molar-refractivity contribution is 0.114. The highest BCUT2D eigenvalue weighted by molar-refractivity contribution is 5.23. The summed E-state index contributed by atoms with van der Waals surface area (Å²) >= 11 is 0. The van der Waals surface area contributed by atoms with E-state index in [-0.39, 0.29) is 0 Å². The van der Waals surface area contributed by atoms with E-state index in [1.54, 1.807) is 0 Å². The van der Waals surface area contributed by atoms with Gasteiger partial charge in [0.25, 0.3) is 0 Å². The van der Waals surface area contributed by atoms with Gasteiger partial charge in [-0.3, -0.25) is 0 Å². The van der Waals surface area contributed by atoms with Gasteiger partial charge in [0.05, 0.1) is 0 Å². The quantitative estimate of drug-likeness (QED) is 0.249. The molecule has 0 aliphatic heterocycles. The predicted octanol–water partition coefficient (Wildman–Crippen LogP) is 17.8. The third-order valence-electron chi connectivity index (χ3n) is 16.1. The van der Waals surface area contributed by atoms with Crippen LogP contribution >= 0.6 is 0 Å². The summed E-state index contributed by atoms with van der Waals surface area (Å²) in [5, 5.41) is 0. The van der Waals surface area contributed by atoms with Crippen molar-refractivity contribution in [1.82, 2.24) is 0 Å². The zero-order chi connectivity index (χ0) is 40.3. The maximum atomic E-state index is 2.42. The lowest BCUT2D eigenvalue weighted by Gasteiger charge is -2.39. The van der Waals surface area contributed by atoms with Crippen LogP contribution in [0.15, 0.2) is 24.3 Å². The Morgan fingerprint density at radius 2 is 0.717 bits per heavy atom. The van der Waals surface area contributed by atoms with E-state index in [1.807, 2.05) is 0 Å². The second-order valence-corrected chi connectivity index (χ2v) is 21.7. The van der Waals surface area contributed by atoms with Crippen molar-refractivity contribution in [2.45, 2.75) is 220 Å². The van der Waals surface area contributed by atoms with Crippen LogP contribution in [0.2, 0.25) is 0 Å². The van der Waals surface area contributed by atoms with Crippen LogP contribution in [0.4, 0.5) is 0 Å². The molecule has 5 aliphatic rings. The monoisotopic (exact) mass is 737 g/mol. The summed E-state index contributed by atoms with van der Waals surface area (Å²) in [5.41, 5.74) is 3.27. The van der Waals surface area contributed by atoms with Crippen LogP contribution in [0.1, 0.15) is 218 Å². The van der Waals surface area contributed by atoms with Crippen molar-refractivity contribution >= 4 is 0 Å². The lowest BCUT2D eigenvalue weighted by atomic mass is 9.66. The van der Waals surface area contributed by atoms with Crippen LogP contribution in [-0.2, 0) is 0 Å². The summed E-state index contributed by atoms with van der Waals surface area (Å²) in [6, 6.07) is 8.36. The number of hydrogen-bond donors (Lipinski definition) is 0. The highest BCUT2D eigenvalue weighted by Gasteiger charge is 2.32. The summed E-state index contributed by atoms with van der Waals surface area (Å²) in [5.74, 6) is 12.8. The summed E-state index contributed by atoms with van der Waals surface area (Å²) in [7, 11) is 0. The zero-order valence-corrected chi connectivity index (χ0v) is 39.6. The van der Waals surface area contributed by atoms with Gasteiger partial charge in [-0.25, -0.2) is 0 Å². The molecule has 12 unspecified atom stereocenters. The van der Waals surface area contributed by atoms with Gasteiger partial charge >= 0.3 is 0 Å². The molecule has 0 radical (unpaired) electrons. The highest BCUT2D eigenvalue weighted by Crippen LogP contribution is 2.42. The fourth-order valence-corrected chi connectivity index (χ4v) is 9.49. The van der Waals surface area contributed by atoms with E-state index < -0.39 is 0 Å². The highest BCUT2D eigenvalue weighted by atomic mass is 14.4. The van der Waals surface area contributed by atoms with E-state index >= 15 is 0 Å². The van der Waals surface area contributed by atoms with Gasteiger partial charge in [0.2, 0.25) is 0 Å². The van der Waals surface area contributed by atoms with Crippen LogP contribution in [0.5, 0.6) is 0 Å². The molecule has 53 heavy (non-hydrogen) atoms. The Balaban J connectivity index is 0.000000321. The fraction of sp³-hybridized carbons (Fsp3) is 0.887.